The Kier molecular flexibility index (Phi) is 8.39. The van der Waals surface area contributed by atoms with Gasteiger partial charge >= 0.3 is 0 Å². The molecule has 6 N–H and O–H groups in total. The number of nitrogens with zero attached hydrogens (tertiary/aromatic N) is 2. The first kappa shape index (κ1) is 42.6. The molecule has 13 rings (SSSR count). The highest BCUT2D eigenvalue weighted by atomic mass is 16.7. The van der Waals surface area contributed by atoms with E-state index >= 15 is 0 Å². The molecule has 19 atom stereocenters. The molecule has 65 heavy (non-hydrogen) atoms. The molecule has 0 radical (unpaired) electrons. The molecular weight excluding hydrogens is 825 g/mol. The van der Waals surface area contributed by atoms with Gasteiger partial charge in [-0.2, -0.15) is 0 Å². The fraction of sp³-hybridized carbons (Fsp3) is 0.774. The van der Waals surface area contributed by atoms with Gasteiger partial charge in [0.2, 0.25) is 11.6 Å². The number of aliphatic hydroxyl groups excluding tert-OH is 5. The molecule has 12 heteroatoms. The first-order chi connectivity index (χ1) is 30.6. The van der Waals surface area contributed by atoms with E-state index in [1.54, 1.807) is 6.92 Å². The number of rotatable bonds is 1. The summed E-state index contributed by atoms with van der Waals surface area (Å²) in [5.41, 5.74) is 5.86. The summed E-state index contributed by atoms with van der Waals surface area (Å²) in [5.74, 6) is -1.52. The van der Waals surface area contributed by atoms with E-state index in [-0.39, 0.29) is 47.5 Å². The van der Waals surface area contributed by atoms with Crippen molar-refractivity contribution in [3.8, 4) is 5.75 Å². The maximum absolute atomic E-state index is 12.9. The molecule has 5 heterocycles. The number of benzene rings is 1. The molecule has 2 spiro atoms. The molecule has 2 aromatic rings. The summed E-state index contributed by atoms with van der Waals surface area (Å²) in [5, 5.41) is 70.3. The third-order valence-corrected chi connectivity index (χ3v) is 21.4. The standard InChI is InChI=1S/C53H70N2O10/c1-24-30-15-38(57)44-29-12-10-27-14-35-36(19-48(27,6)31(29)16-39(45(30)44)62-52(24)41(59)21-46(3,4)64-52)54-34-13-26-9-11-28-32(49(26,7)20-37(34)55-35)17-40(58)50(8)33(28)18-43-51(50,61)25(2)53(63-43)42(60)22-47(5,23-56)65-53/h16,18,24-28,30,32,38,40-43,56-61H,9-15,17,19-23H2,1-8H3/t24-,25-,26-,27-,28+,30+,32-,38+,40+,41+,42+,43-,47-,48-,49-,50+,51+,52?,53-/m0/s1. The average Bonchev–Trinajstić information content (AvgIpc) is 3.94. The van der Waals surface area contributed by atoms with Crippen LogP contribution in [0, 0.1) is 46.3 Å². The number of aliphatic hydroxyl groups is 6. The first-order valence-electron chi connectivity index (χ1n) is 25.2. The zero-order chi connectivity index (χ0) is 45.6. The smallest absolute Gasteiger partial charge is 0.240 e. The van der Waals surface area contributed by atoms with Crippen LogP contribution in [0.4, 0.5) is 0 Å². The molecular formula is C53H70N2O10. The third kappa shape index (κ3) is 4.96. The van der Waals surface area contributed by atoms with Gasteiger partial charge in [-0.1, -0.05) is 46.3 Å². The van der Waals surface area contributed by atoms with Gasteiger partial charge in [0, 0.05) is 47.5 Å². The third-order valence-electron chi connectivity index (χ3n) is 21.4. The molecule has 2 saturated carbocycles. The summed E-state index contributed by atoms with van der Waals surface area (Å²) < 4.78 is 26.6. The molecule has 352 valence electrons. The van der Waals surface area contributed by atoms with Crippen molar-refractivity contribution >= 4 is 0 Å². The maximum atomic E-state index is 12.9. The van der Waals surface area contributed by atoms with E-state index in [1.807, 2.05) is 27.7 Å². The Balaban J connectivity index is 0.811. The Morgan fingerprint density at radius 2 is 1.46 bits per heavy atom. The fourth-order valence-electron chi connectivity index (χ4n) is 17.8. The van der Waals surface area contributed by atoms with Crippen LogP contribution in [-0.2, 0) is 51.7 Å². The van der Waals surface area contributed by atoms with Crippen LogP contribution in [-0.4, -0.2) is 100 Å². The van der Waals surface area contributed by atoms with Gasteiger partial charge in [-0.15, -0.1) is 0 Å². The quantitative estimate of drug-likeness (QED) is 0.202. The minimum Gasteiger partial charge on any atom is -0.459 e. The van der Waals surface area contributed by atoms with Crippen molar-refractivity contribution in [2.45, 2.75) is 203 Å². The van der Waals surface area contributed by atoms with Gasteiger partial charge in [0.25, 0.3) is 0 Å². The minimum absolute atomic E-state index is 0.0487. The molecule has 1 aromatic carbocycles. The topological polar surface area (TPSA) is 184 Å². The van der Waals surface area contributed by atoms with Crippen molar-refractivity contribution in [1.29, 1.82) is 0 Å². The summed E-state index contributed by atoms with van der Waals surface area (Å²) in [4.78, 5) is 11.1. The lowest BCUT2D eigenvalue weighted by molar-refractivity contribution is -0.280. The van der Waals surface area contributed by atoms with Crippen molar-refractivity contribution in [3.63, 3.8) is 0 Å². The summed E-state index contributed by atoms with van der Waals surface area (Å²) in [6.45, 7) is 16.4. The molecule has 4 aliphatic heterocycles. The van der Waals surface area contributed by atoms with Gasteiger partial charge in [-0.25, -0.2) is 0 Å². The van der Waals surface area contributed by atoms with Crippen LogP contribution in [0.2, 0.25) is 0 Å². The Morgan fingerprint density at radius 1 is 0.754 bits per heavy atom. The van der Waals surface area contributed by atoms with Gasteiger partial charge < -0.3 is 49.6 Å². The Labute approximate surface area is 382 Å². The van der Waals surface area contributed by atoms with Gasteiger partial charge in [0.15, 0.2) is 0 Å². The molecule has 1 aromatic heterocycles. The largest absolute Gasteiger partial charge is 0.459 e. The van der Waals surface area contributed by atoms with E-state index in [9.17, 15) is 30.6 Å². The second-order valence-electron chi connectivity index (χ2n) is 25.0. The van der Waals surface area contributed by atoms with E-state index in [1.165, 1.54) is 11.1 Å². The molecule has 0 amide bonds. The SMILES string of the molecule is C[C@@H]1[C@]2(O[C@H]3C=C4[C@@H]5CC[C@H]6Cc7nc8c(nc7C[C@]6(C)[C@H]5C[C@@H](O)[C@]4(C)[C@]31O)C[C@@H]1CCc3c(cc4c5c3[C@H](O)C[C@@H]5[C@H](C)C3(O4)OC(C)(C)C[C@H]3O)[C@@]1(C)C8)O[C@](C)(CO)C[C@H]2O. The second-order valence-corrected chi connectivity index (χ2v) is 25.0. The van der Waals surface area contributed by atoms with E-state index in [2.05, 4.69) is 32.9 Å². The minimum atomic E-state index is -1.50. The lowest BCUT2D eigenvalue weighted by atomic mass is 9.44. The van der Waals surface area contributed by atoms with Crippen LogP contribution in [0.3, 0.4) is 0 Å². The van der Waals surface area contributed by atoms with E-state index in [4.69, 9.17) is 28.9 Å². The van der Waals surface area contributed by atoms with Crippen LogP contribution < -0.4 is 4.74 Å². The van der Waals surface area contributed by atoms with Gasteiger partial charge in [-0.3, -0.25) is 9.97 Å². The second kappa shape index (κ2) is 12.8. The Hall–Kier alpha value is -2.52. The lowest BCUT2D eigenvalue weighted by Crippen LogP contribution is -2.64. The van der Waals surface area contributed by atoms with E-state index < -0.39 is 70.2 Å². The van der Waals surface area contributed by atoms with Gasteiger partial charge in [-0.05, 0) is 136 Å². The maximum Gasteiger partial charge on any atom is 0.240 e. The van der Waals surface area contributed by atoms with Gasteiger partial charge in [0.05, 0.1) is 52.8 Å². The predicted molar refractivity (Wildman–Crippen MR) is 237 cm³/mol. The van der Waals surface area contributed by atoms with Crippen LogP contribution in [0.5, 0.6) is 5.75 Å². The van der Waals surface area contributed by atoms with Gasteiger partial charge in [0.1, 0.15) is 29.7 Å². The average molecular weight is 895 g/mol. The van der Waals surface area contributed by atoms with E-state index in [0.29, 0.717) is 31.1 Å². The Morgan fingerprint density at radius 3 is 2.15 bits per heavy atom. The van der Waals surface area contributed by atoms with Crippen LogP contribution >= 0.6 is 0 Å². The van der Waals surface area contributed by atoms with Crippen molar-refractivity contribution < 1.29 is 49.6 Å². The van der Waals surface area contributed by atoms with Crippen molar-refractivity contribution in [2.24, 2.45) is 46.3 Å². The molecule has 0 bridgehead atoms. The van der Waals surface area contributed by atoms with Crippen molar-refractivity contribution in [2.75, 3.05) is 6.61 Å². The zero-order valence-electron chi connectivity index (χ0n) is 39.5. The highest BCUT2D eigenvalue weighted by Crippen LogP contribution is 2.71. The zero-order valence-corrected chi connectivity index (χ0v) is 39.5. The first-order valence-corrected chi connectivity index (χ1v) is 25.2. The highest BCUT2D eigenvalue weighted by molar-refractivity contribution is 5.60. The number of aromatic nitrogens is 2. The van der Waals surface area contributed by atoms with Crippen LogP contribution in [0.1, 0.15) is 157 Å². The van der Waals surface area contributed by atoms with E-state index in [0.717, 1.165) is 96.6 Å². The molecule has 1 unspecified atom stereocenters. The van der Waals surface area contributed by atoms with Crippen molar-refractivity contribution in [3.05, 3.63) is 62.7 Å². The molecule has 7 aliphatic carbocycles. The highest BCUT2D eigenvalue weighted by Gasteiger charge is 2.79. The molecule has 12 nitrogen and oxygen atoms in total. The van der Waals surface area contributed by atoms with Crippen molar-refractivity contribution in [1.82, 2.24) is 9.97 Å². The summed E-state index contributed by atoms with van der Waals surface area (Å²) in [6.07, 6.45) is 7.12. The summed E-state index contributed by atoms with van der Waals surface area (Å²) >= 11 is 0. The van der Waals surface area contributed by atoms with Crippen LogP contribution in [0.25, 0.3) is 0 Å². The summed E-state index contributed by atoms with van der Waals surface area (Å²) in [7, 11) is 0. The number of ether oxygens (including phenoxy) is 4. The molecule has 3 saturated heterocycles. The molecule has 5 fully saturated rings. The monoisotopic (exact) mass is 895 g/mol. The summed E-state index contributed by atoms with van der Waals surface area (Å²) in [6, 6.07) is 2.26. The molecule has 11 aliphatic rings. The normalized spacial score (nSPS) is 52.4. The Bertz CT molecular complexity index is 2480. The lowest BCUT2D eigenvalue weighted by Gasteiger charge is -2.61. The number of fused-ring (bicyclic) bond motifs is 13. The number of hydrogen-bond donors (Lipinski definition) is 6. The van der Waals surface area contributed by atoms with Crippen LogP contribution in [0.15, 0.2) is 17.7 Å². The number of hydrogen-bond acceptors (Lipinski definition) is 12. The predicted octanol–water partition coefficient (Wildman–Crippen LogP) is 5.35. The fourth-order valence-corrected chi connectivity index (χ4v) is 17.8.